The van der Waals surface area contributed by atoms with E-state index in [4.69, 9.17) is 9.97 Å². The molecule has 0 radical (unpaired) electrons. The number of rotatable bonds is 1. The minimum absolute atomic E-state index is 0.0675. The van der Waals surface area contributed by atoms with E-state index in [1.165, 1.54) is 0 Å². The van der Waals surface area contributed by atoms with E-state index in [0.29, 0.717) is 11.0 Å². The fourth-order valence-electron chi connectivity index (χ4n) is 7.18. The van der Waals surface area contributed by atoms with Gasteiger partial charge in [-0.15, -0.1) is 0 Å². The largest absolute Gasteiger partial charge is 0.369 e. The van der Waals surface area contributed by atoms with Crippen molar-refractivity contribution in [3.63, 3.8) is 0 Å². The summed E-state index contributed by atoms with van der Waals surface area (Å²) in [6.45, 7) is 0. The Morgan fingerprint density at radius 1 is 0.643 bits per heavy atom. The molecule has 0 saturated heterocycles. The maximum Gasteiger partial charge on any atom is 0.264 e. The first kappa shape index (κ1) is 22.1. The second-order valence-corrected chi connectivity index (χ2v) is 11.1. The molecular formula is C36H20N4O2. The molecule has 0 amide bonds. The number of aromatic nitrogens is 4. The number of pyridine rings is 1. The maximum atomic E-state index is 13.9. The van der Waals surface area contributed by atoms with Crippen molar-refractivity contribution < 1.29 is 5.11 Å². The van der Waals surface area contributed by atoms with Gasteiger partial charge in [0.25, 0.3) is 5.56 Å². The molecule has 42 heavy (non-hydrogen) atoms. The number of imidazole rings is 2. The molecule has 10 rings (SSSR count). The lowest BCUT2D eigenvalue weighted by atomic mass is 9.88. The molecule has 0 fully saturated rings. The van der Waals surface area contributed by atoms with Gasteiger partial charge in [0.1, 0.15) is 11.5 Å². The molecule has 3 aromatic heterocycles. The molecule has 0 saturated carbocycles. The highest BCUT2D eigenvalue weighted by atomic mass is 16.3. The van der Waals surface area contributed by atoms with E-state index in [-0.39, 0.29) is 5.56 Å². The molecule has 0 aliphatic carbocycles. The number of para-hydroxylation sites is 4. The Hall–Kier alpha value is -5.59. The number of fused-ring (bicyclic) bond motifs is 8. The van der Waals surface area contributed by atoms with Gasteiger partial charge in [0, 0.05) is 32.7 Å². The highest BCUT2D eigenvalue weighted by Crippen LogP contribution is 2.45. The third-order valence-electron chi connectivity index (χ3n) is 8.95. The predicted molar refractivity (Wildman–Crippen MR) is 167 cm³/mol. The van der Waals surface area contributed by atoms with Gasteiger partial charge in [-0.25, -0.2) is 9.97 Å². The Morgan fingerprint density at radius 3 is 2.29 bits per heavy atom. The molecule has 1 unspecified atom stereocenters. The molecule has 6 nitrogen and oxygen atoms in total. The number of aliphatic hydroxyl groups is 1. The Labute approximate surface area is 237 Å². The predicted octanol–water partition coefficient (Wildman–Crippen LogP) is 7.28. The van der Waals surface area contributed by atoms with Crippen LogP contribution in [0.3, 0.4) is 0 Å². The minimum Gasteiger partial charge on any atom is -0.369 e. The zero-order valence-electron chi connectivity index (χ0n) is 22.1. The topological polar surface area (TPSA) is 72.4 Å². The van der Waals surface area contributed by atoms with Crippen LogP contribution in [0.1, 0.15) is 11.8 Å². The Balaban J connectivity index is 1.29. The van der Waals surface area contributed by atoms with Gasteiger partial charge in [-0.2, -0.15) is 0 Å². The summed E-state index contributed by atoms with van der Waals surface area (Å²) in [6.07, 6.45) is -0.883. The molecule has 6 aromatic carbocycles. The van der Waals surface area contributed by atoms with E-state index >= 15 is 0 Å². The number of hydrogen-bond acceptors (Lipinski definition) is 4. The zero-order valence-corrected chi connectivity index (χ0v) is 22.1. The van der Waals surface area contributed by atoms with Crippen molar-refractivity contribution in [2.45, 2.75) is 6.23 Å². The molecule has 1 N–H and O–H groups in total. The standard InChI is InChI=1S/C36H20N4O2/c41-35-25-10-6-8-22-21(15-16-24(32(22)25)34-38-27-11-1-3-13-29(27)39(34)35)20-17-19-7-5-9-23-31(19)26(18-20)36(42)40-30-14-4-2-12-28(30)37-33(23)40/h1-18,36,42H. The van der Waals surface area contributed by atoms with Crippen LogP contribution < -0.4 is 5.56 Å². The van der Waals surface area contributed by atoms with Crippen molar-refractivity contribution in [1.29, 1.82) is 0 Å². The summed E-state index contributed by atoms with van der Waals surface area (Å²) in [6, 6.07) is 36.3. The summed E-state index contributed by atoms with van der Waals surface area (Å²) in [4.78, 5) is 23.6. The molecule has 9 aromatic rings. The third kappa shape index (κ3) is 2.61. The Kier molecular flexibility index (Phi) is 3.99. The van der Waals surface area contributed by atoms with Crippen molar-refractivity contribution in [1.82, 2.24) is 18.9 Å². The van der Waals surface area contributed by atoms with Gasteiger partial charge in [-0.05, 0) is 70.4 Å². The molecule has 196 valence electrons. The van der Waals surface area contributed by atoms with Crippen molar-refractivity contribution >= 4 is 60.0 Å². The lowest BCUT2D eigenvalue weighted by Crippen LogP contribution is -2.16. The molecule has 1 aliphatic rings. The lowest BCUT2D eigenvalue weighted by Gasteiger charge is -2.26. The normalized spacial score (nSPS) is 14.6. The average molecular weight is 541 g/mol. The second-order valence-electron chi connectivity index (χ2n) is 11.1. The van der Waals surface area contributed by atoms with E-state index in [2.05, 4.69) is 42.5 Å². The lowest BCUT2D eigenvalue weighted by molar-refractivity contribution is 0.152. The second kappa shape index (κ2) is 7.57. The first-order valence-corrected chi connectivity index (χ1v) is 14.0. The van der Waals surface area contributed by atoms with E-state index < -0.39 is 6.23 Å². The van der Waals surface area contributed by atoms with Crippen LogP contribution in [0.25, 0.3) is 82.5 Å². The minimum atomic E-state index is -0.883. The highest BCUT2D eigenvalue weighted by Gasteiger charge is 2.29. The first-order chi connectivity index (χ1) is 20.7. The van der Waals surface area contributed by atoms with Crippen LogP contribution in [-0.4, -0.2) is 24.0 Å². The number of aliphatic hydroxyl groups excluding tert-OH is 1. The quantitative estimate of drug-likeness (QED) is 0.237. The molecule has 0 spiro atoms. The highest BCUT2D eigenvalue weighted by molar-refractivity contribution is 6.19. The molecule has 1 atom stereocenters. The first-order valence-electron chi connectivity index (χ1n) is 14.0. The molecule has 4 heterocycles. The van der Waals surface area contributed by atoms with Crippen LogP contribution >= 0.6 is 0 Å². The summed E-state index contributed by atoms with van der Waals surface area (Å²) >= 11 is 0. The van der Waals surface area contributed by atoms with Crippen LogP contribution in [0.4, 0.5) is 0 Å². The van der Waals surface area contributed by atoms with Gasteiger partial charge in [-0.1, -0.05) is 60.7 Å². The number of benzene rings is 6. The van der Waals surface area contributed by atoms with Gasteiger partial charge in [0.05, 0.1) is 22.1 Å². The number of nitrogens with zero attached hydrogens (tertiary/aromatic N) is 4. The van der Waals surface area contributed by atoms with Gasteiger partial charge in [0.15, 0.2) is 6.23 Å². The van der Waals surface area contributed by atoms with Crippen molar-refractivity contribution in [2.24, 2.45) is 0 Å². The monoisotopic (exact) mass is 540 g/mol. The summed E-state index contributed by atoms with van der Waals surface area (Å²) in [5.74, 6) is 0.775. The molecular weight excluding hydrogens is 520 g/mol. The van der Waals surface area contributed by atoms with Crippen LogP contribution in [0.15, 0.2) is 114 Å². The average Bonchev–Trinajstić information content (AvgIpc) is 3.62. The van der Waals surface area contributed by atoms with Crippen molar-refractivity contribution in [3.8, 4) is 22.5 Å². The molecule has 1 aliphatic heterocycles. The van der Waals surface area contributed by atoms with E-state index in [9.17, 15) is 9.90 Å². The fraction of sp³-hybridized carbons (Fsp3) is 0.0278. The SMILES string of the molecule is O=c1c2cccc3c(-c4cc5c6c(cccc6c4)-c4nc6ccccc6n4C5O)ccc(c32)c2nc3ccccc3n12. The fourth-order valence-corrected chi connectivity index (χ4v) is 7.18. The smallest absolute Gasteiger partial charge is 0.264 e. The van der Waals surface area contributed by atoms with E-state index in [1.807, 2.05) is 71.3 Å². The summed E-state index contributed by atoms with van der Waals surface area (Å²) in [5.41, 5.74) is 7.81. The van der Waals surface area contributed by atoms with Crippen molar-refractivity contribution in [2.75, 3.05) is 0 Å². The van der Waals surface area contributed by atoms with Gasteiger partial charge < -0.3 is 5.11 Å². The van der Waals surface area contributed by atoms with E-state index in [1.54, 1.807) is 4.40 Å². The van der Waals surface area contributed by atoms with Crippen molar-refractivity contribution in [3.05, 3.63) is 125 Å². The van der Waals surface area contributed by atoms with E-state index in [0.717, 1.165) is 77.1 Å². The third-order valence-corrected chi connectivity index (χ3v) is 8.95. The molecule has 6 heteroatoms. The van der Waals surface area contributed by atoms with Crippen LogP contribution in [0.5, 0.6) is 0 Å². The summed E-state index contributed by atoms with van der Waals surface area (Å²) in [7, 11) is 0. The Bertz CT molecular complexity index is 2680. The van der Waals surface area contributed by atoms with Gasteiger partial charge >= 0.3 is 0 Å². The number of hydrogen-bond donors (Lipinski definition) is 1. The van der Waals surface area contributed by atoms with Gasteiger partial charge in [0.2, 0.25) is 0 Å². The van der Waals surface area contributed by atoms with Crippen LogP contribution in [0.2, 0.25) is 0 Å². The Morgan fingerprint density at radius 2 is 1.40 bits per heavy atom. The molecule has 0 bridgehead atoms. The zero-order chi connectivity index (χ0) is 27.7. The van der Waals surface area contributed by atoms with Crippen LogP contribution in [-0.2, 0) is 0 Å². The van der Waals surface area contributed by atoms with Crippen LogP contribution in [0, 0.1) is 0 Å². The maximum absolute atomic E-state index is 13.9. The summed E-state index contributed by atoms with van der Waals surface area (Å²) < 4.78 is 3.66. The summed E-state index contributed by atoms with van der Waals surface area (Å²) in [5, 5.41) is 17.4. The van der Waals surface area contributed by atoms with Gasteiger partial charge in [-0.3, -0.25) is 13.8 Å².